The van der Waals surface area contributed by atoms with E-state index in [9.17, 15) is 9.59 Å². The molecule has 2 aromatic heterocycles. The minimum Gasteiger partial charge on any atom is -0.492 e. The highest BCUT2D eigenvalue weighted by Crippen LogP contribution is 2.31. The molecule has 0 aliphatic carbocycles. The fraction of sp³-hybridized carbons (Fsp3) is 0.379. The number of nitrogens with zero attached hydrogens (tertiary/aromatic N) is 3. The number of methoxy groups -OCH3 is 1. The van der Waals surface area contributed by atoms with Crippen LogP contribution >= 0.6 is 0 Å². The summed E-state index contributed by atoms with van der Waals surface area (Å²) in [5, 5.41) is 0.821. The lowest BCUT2D eigenvalue weighted by Crippen LogP contribution is -2.28. The van der Waals surface area contributed by atoms with Gasteiger partial charge in [0.05, 0.1) is 12.3 Å². The van der Waals surface area contributed by atoms with Gasteiger partial charge in [0.25, 0.3) is 0 Å². The summed E-state index contributed by atoms with van der Waals surface area (Å²) in [5.41, 5.74) is 2.78. The fourth-order valence-corrected chi connectivity index (χ4v) is 4.68. The number of esters is 1. The molecule has 0 amide bonds. The quantitative estimate of drug-likeness (QED) is 0.181. The molecule has 0 radical (unpaired) electrons. The van der Waals surface area contributed by atoms with Crippen molar-refractivity contribution in [3.8, 4) is 5.75 Å². The molecule has 5 rings (SSSR count). The summed E-state index contributed by atoms with van der Waals surface area (Å²) in [6.45, 7) is 5.88. The number of aryl methyl sites for hydroxylation is 1. The highest BCUT2D eigenvalue weighted by Gasteiger charge is 2.45. The number of rotatable bonds is 10. The second-order valence-electron chi connectivity index (χ2n) is 9.51. The summed E-state index contributed by atoms with van der Waals surface area (Å²) >= 11 is 0. The molecular formula is C29H32N4O6. The highest BCUT2D eigenvalue weighted by atomic mass is 16.6. The number of Topliss-reactive ketones (excluding diaryl/α,β-unsaturated/α-hetero) is 1. The largest absolute Gasteiger partial charge is 0.492 e. The number of carbonyl (C=O) groups is 2. The SMILES string of the molecule is COCCOC(=O)C1C(=O)/C(=C/c2c[nH]c3ncccc23)OC1=Nc1ccc(OCCN2CCCC2)cc1C. The number of benzene rings is 1. The number of hydrogen-bond acceptors (Lipinski definition) is 9. The van der Waals surface area contributed by atoms with Gasteiger partial charge in [0.1, 0.15) is 24.6 Å². The fourth-order valence-electron chi connectivity index (χ4n) is 4.68. The molecule has 1 unspecified atom stereocenters. The maximum absolute atomic E-state index is 13.4. The zero-order chi connectivity index (χ0) is 27.2. The molecule has 2 aliphatic heterocycles. The minimum absolute atomic E-state index is 0.00622. The number of likely N-dealkylation sites (tertiary alicyclic amines) is 1. The van der Waals surface area contributed by atoms with Gasteiger partial charge >= 0.3 is 5.97 Å². The lowest BCUT2D eigenvalue weighted by atomic mass is 10.0. The molecule has 0 bridgehead atoms. The maximum atomic E-state index is 13.4. The van der Waals surface area contributed by atoms with E-state index in [0.29, 0.717) is 23.5 Å². The van der Waals surface area contributed by atoms with Gasteiger partial charge in [-0.2, -0.15) is 0 Å². The van der Waals surface area contributed by atoms with Crippen LogP contribution in [-0.4, -0.2) is 79.1 Å². The summed E-state index contributed by atoms with van der Waals surface area (Å²) in [4.78, 5) is 40.6. The summed E-state index contributed by atoms with van der Waals surface area (Å²) in [7, 11) is 1.50. The summed E-state index contributed by atoms with van der Waals surface area (Å²) in [5.74, 6) is -1.85. The standard InChI is InChI=1S/C29H32N4O6/c1-19-16-21(37-13-12-33-10-3-4-11-33)7-8-23(19)32-28-25(29(35)38-15-14-36-2)26(34)24(39-28)17-20-18-31-27-22(20)6-5-9-30-27/h5-9,16-18,25H,3-4,10-15H2,1-2H3,(H,30,31)/b24-17-,32-28?. The Bertz CT molecular complexity index is 1410. The Morgan fingerprint density at radius 3 is 2.87 bits per heavy atom. The smallest absolute Gasteiger partial charge is 0.326 e. The van der Waals surface area contributed by atoms with Crippen molar-refractivity contribution in [3.05, 3.63) is 59.6 Å². The molecule has 1 aromatic carbocycles. The summed E-state index contributed by atoms with van der Waals surface area (Å²) < 4.78 is 22.1. The van der Waals surface area contributed by atoms with E-state index in [-0.39, 0.29) is 24.9 Å². The van der Waals surface area contributed by atoms with Crippen LogP contribution in [0.2, 0.25) is 0 Å². The van der Waals surface area contributed by atoms with Gasteiger partial charge < -0.3 is 23.9 Å². The molecule has 2 aliphatic rings. The van der Waals surface area contributed by atoms with Crippen LogP contribution in [0.3, 0.4) is 0 Å². The minimum atomic E-state index is -1.31. The van der Waals surface area contributed by atoms with Gasteiger partial charge in [-0.3, -0.25) is 14.5 Å². The number of ether oxygens (including phenoxy) is 4. The molecule has 0 saturated carbocycles. The van der Waals surface area contributed by atoms with Gasteiger partial charge in [-0.15, -0.1) is 0 Å². The van der Waals surface area contributed by atoms with Crippen LogP contribution < -0.4 is 4.74 Å². The lowest BCUT2D eigenvalue weighted by molar-refractivity contribution is -0.149. The number of carbonyl (C=O) groups excluding carboxylic acids is 2. The van der Waals surface area contributed by atoms with Crippen molar-refractivity contribution in [3.63, 3.8) is 0 Å². The number of aromatic amines is 1. The first-order valence-electron chi connectivity index (χ1n) is 13.1. The Kier molecular flexibility index (Phi) is 8.33. The van der Waals surface area contributed by atoms with Crippen molar-refractivity contribution in [2.75, 3.05) is 46.6 Å². The lowest BCUT2D eigenvalue weighted by Gasteiger charge is -2.15. The average molecular weight is 533 g/mol. The molecule has 2 fully saturated rings. The van der Waals surface area contributed by atoms with E-state index >= 15 is 0 Å². The number of aliphatic imine (C=N–C) groups is 1. The predicted octanol–water partition coefficient (Wildman–Crippen LogP) is 3.82. The van der Waals surface area contributed by atoms with Gasteiger partial charge in [0.2, 0.25) is 11.7 Å². The van der Waals surface area contributed by atoms with E-state index in [0.717, 1.165) is 36.3 Å². The Balaban J connectivity index is 1.38. The average Bonchev–Trinajstić information content (AvgIpc) is 3.66. The molecule has 0 spiro atoms. The first-order valence-corrected chi connectivity index (χ1v) is 13.1. The van der Waals surface area contributed by atoms with Crippen molar-refractivity contribution in [1.82, 2.24) is 14.9 Å². The number of hydrogen-bond donors (Lipinski definition) is 1. The van der Waals surface area contributed by atoms with Crippen LogP contribution in [0.15, 0.2) is 53.5 Å². The Hall–Kier alpha value is -4.02. The monoisotopic (exact) mass is 532 g/mol. The number of aromatic nitrogens is 2. The second kappa shape index (κ2) is 12.2. The van der Waals surface area contributed by atoms with Gasteiger partial charge in [-0.1, -0.05) is 0 Å². The molecule has 1 atom stereocenters. The van der Waals surface area contributed by atoms with E-state index in [1.165, 1.54) is 20.0 Å². The first kappa shape index (κ1) is 26.6. The topological polar surface area (TPSA) is 115 Å². The zero-order valence-electron chi connectivity index (χ0n) is 22.1. The van der Waals surface area contributed by atoms with E-state index < -0.39 is 17.7 Å². The van der Waals surface area contributed by atoms with Crippen LogP contribution in [0, 0.1) is 12.8 Å². The van der Waals surface area contributed by atoms with Crippen molar-refractivity contribution in [2.24, 2.45) is 10.9 Å². The maximum Gasteiger partial charge on any atom is 0.326 e. The van der Waals surface area contributed by atoms with Gasteiger partial charge in [-0.25, -0.2) is 9.98 Å². The predicted molar refractivity (Wildman–Crippen MR) is 146 cm³/mol. The number of ketones is 1. The molecule has 3 aromatic rings. The van der Waals surface area contributed by atoms with Crippen LogP contribution in [0.5, 0.6) is 5.75 Å². The normalized spacial score (nSPS) is 19.7. The molecule has 2 saturated heterocycles. The number of H-pyrrole nitrogens is 1. The van der Waals surface area contributed by atoms with Crippen LogP contribution in [-0.2, 0) is 23.8 Å². The molecule has 39 heavy (non-hydrogen) atoms. The first-order chi connectivity index (χ1) is 19.0. The molecule has 10 heteroatoms. The highest BCUT2D eigenvalue weighted by molar-refractivity contribution is 6.27. The van der Waals surface area contributed by atoms with E-state index in [1.54, 1.807) is 30.6 Å². The Labute approximate surface area is 226 Å². The second-order valence-corrected chi connectivity index (χ2v) is 9.51. The third-order valence-corrected chi connectivity index (χ3v) is 6.78. The Morgan fingerprint density at radius 1 is 1.23 bits per heavy atom. The number of allylic oxidation sites excluding steroid dienone is 1. The van der Waals surface area contributed by atoms with Crippen LogP contribution in [0.4, 0.5) is 5.69 Å². The molecule has 204 valence electrons. The third kappa shape index (κ3) is 6.18. The van der Waals surface area contributed by atoms with Gasteiger partial charge in [-0.05, 0) is 74.8 Å². The van der Waals surface area contributed by atoms with Gasteiger partial charge in [0, 0.05) is 37.0 Å². The van der Waals surface area contributed by atoms with Crippen molar-refractivity contribution in [1.29, 1.82) is 0 Å². The van der Waals surface area contributed by atoms with Crippen molar-refractivity contribution in [2.45, 2.75) is 19.8 Å². The van der Waals surface area contributed by atoms with Crippen LogP contribution in [0.25, 0.3) is 17.1 Å². The summed E-state index contributed by atoms with van der Waals surface area (Å²) in [6, 6.07) is 9.20. The number of nitrogens with one attached hydrogen (secondary N) is 1. The van der Waals surface area contributed by atoms with E-state index in [2.05, 4.69) is 19.9 Å². The molecule has 4 heterocycles. The number of pyridine rings is 1. The third-order valence-electron chi connectivity index (χ3n) is 6.78. The Morgan fingerprint density at radius 2 is 2.08 bits per heavy atom. The van der Waals surface area contributed by atoms with Gasteiger partial charge in [0.15, 0.2) is 11.7 Å². The number of fused-ring (bicyclic) bond motifs is 1. The zero-order valence-corrected chi connectivity index (χ0v) is 22.1. The van der Waals surface area contributed by atoms with E-state index in [4.69, 9.17) is 18.9 Å². The summed E-state index contributed by atoms with van der Waals surface area (Å²) in [6.07, 6.45) is 7.49. The molecule has 1 N–H and O–H groups in total. The van der Waals surface area contributed by atoms with Crippen molar-refractivity contribution >= 4 is 40.4 Å². The molecule has 10 nitrogen and oxygen atoms in total. The van der Waals surface area contributed by atoms with Crippen molar-refractivity contribution < 1.29 is 28.5 Å². The van der Waals surface area contributed by atoms with Crippen LogP contribution in [0.1, 0.15) is 24.0 Å². The van der Waals surface area contributed by atoms with E-state index in [1.807, 2.05) is 25.1 Å². The molecular weight excluding hydrogens is 500 g/mol.